The summed E-state index contributed by atoms with van der Waals surface area (Å²) in [6, 6.07) is 17.7. The van der Waals surface area contributed by atoms with Crippen molar-refractivity contribution in [2.45, 2.75) is 56.0 Å². The second kappa shape index (κ2) is 15.7. The first kappa shape index (κ1) is 34.4. The van der Waals surface area contributed by atoms with Crippen LogP contribution in [0.15, 0.2) is 71.6 Å². The van der Waals surface area contributed by atoms with E-state index < -0.39 is 28.5 Å². The van der Waals surface area contributed by atoms with Crippen LogP contribution in [0.2, 0.25) is 0 Å². The highest BCUT2D eigenvalue weighted by Gasteiger charge is 2.35. The highest BCUT2D eigenvalue weighted by Crippen LogP contribution is 2.37. The summed E-state index contributed by atoms with van der Waals surface area (Å²) >= 11 is 0. The Morgan fingerprint density at radius 1 is 0.848 bits per heavy atom. The molecule has 0 radical (unpaired) electrons. The molecule has 3 aromatic carbocycles. The van der Waals surface area contributed by atoms with E-state index in [4.69, 9.17) is 18.9 Å². The number of amides is 2. The van der Waals surface area contributed by atoms with Gasteiger partial charge in [-0.25, -0.2) is 8.42 Å². The number of benzene rings is 3. The van der Waals surface area contributed by atoms with E-state index in [-0.39, 0.29) is 40.6 Å². The van der Waals surface area contributed by atoms with Gasteiger partial charge < -0.3 is 29.2 Å². The van der Waals surface area contributed by atoms with Crippen LogP contribution in [0.3, 0.4) is 0 Å². The molecule has 1 aliphatic rings. The van der Waals surface area contributed by atoms with Gasteiger partial charge in [0.2, 0.25) is 11.8 Å². The number of rotatable bonds is 15. The fraction of sp³-hybridized carbons (Fsp3) is 0.412. The van der Waals surface area contributed by atoms with Gasteiger partial charge in [0.25, 0.3) is 10.0 Å². The molecule has 0 unspecified atom stereocenters. The molecule has 0 aliphatic heterocycles. The molecular weight excluding hydrogens is 610 g/mol. The van der Waals surface area contributed by atoms with Crippen LogP contribution in [-0.2, 0) is 26.0 Å². The van der Waals surface area contributed by atoms with Gasteiger partial charge in [-0.3, -0.25) is 13.9 Å². The van der Waals surface area contributed by atoms with E-state index in [2.05, 4.69) is 5.32 Å². The van der Waals surface area contributed by atoms with Crippen molar-refractivity contribution in [3.8, 4) is 23.0 Å². The third-order valence-electron chi connectivity index (χ3n) is 8.23. The molecule has 0 heterocycles. The Kier molecular flexibility index (Phi) is 11.8. The summed E-state index contributed by atoms with van der Waals surface area (Å²) in [5.41, 5.74) is 1.07. The predicted molar refractivity (Wildman–Crippen MR) is 175 cm³/mol. The van der Waals surface area contributed by atoms with Gasteiger partial charge in [0.15, 0.2) is 11.5 Å². The SMILES string of the molecule is COc1ccc(OC)c(N(CC(=O)N(CCc2ccccc2)[C@H](C)C(=O)NC2CCCC2)S(=O)(=O)c2ccc(OC)c(OC)c2)c1. The summed E-state index contributed by atoms with van der Waals surface area (Å²) in [6.07, 6.45) is 4.34. The van der Waals surface area contributed by atoms with Gasteiger partial charge in [0.1, 0.15) is 24.1 Å². The minimum absolute atomic E-state index is 0.0593. The van der Waals surface area contributed by atoms with Gasteiger partial charge in [-0.05, 0) is 56.0 Å². The van der Waals surface area contributed by atoms with Crippen LogP contribution < -0.4 is 28.6 Å². The maximum Gasteiger partial charge on any atom is 0.265 e. The van der Waals surface area contributed by atoms with Gasteiger partial charge in [-0.1, -0.05) is 43.2 Å². The zero-order valence-electron chi connectivity index (χ0n) is 27.0. The first-order chi connectivity index (χ1) is 22.1. The Balaban J connectivity index is 1.75. The number of nitrogens with zero attached hydrogens (tertiary/aromatic N) is 2. The molecule has 0 aromatic heterocycles. The highest BCUT2D eigenvalue weighted by atomic mass is 32.2. The second-order valence-electron chi connectivity index (χ2n) is 11.1. The minimum Gasteiger partial charge on any atom is -0.497 e. The van der Waals surface area contributed by atoms with Crippen molar-refractivity contribution < 1.29 is 37.0 Å². The number of carbonyl (C=O) groups excluding carboxylic acids is 2. The van der Waals surface area contributed by atoms with Gasteiger partial charge >= 0.3 is 0 Å². The molecule has 12 heteroatoms. The third kappa shape index (κ3) is 8.03. The Morgan fingerprint density at radius 3 is 2.13 bits per heavy atom. The molecule has 248 valence electrons. The summed E-state index contributed by atoms with van der Waals surface area (Å²) in [6.45, 7) is 1.25. The number of anilines is 1. The monoisotopic (exact) mass is 653 g/mol. The fourth-order valence-electron chi connectivity index (χ4n) is 5.57. The van der Waals surface area contributed by atoms with E-state index in [1.165, 1.54) is 57.6 Å². The molecule has 3 aromatic rings. The maximum absolute atomic E-state index is 14.4. The van der Waals surface area contributed by atoms with Crippen LogP contribution in [0.4, 0.5) is 5.69 Å². The summed E-state index contributed by atoms with van der Waals surface area (Å²) < 4.78 is 51.5. The number of carbonyl (C=O) groups is 2. The quantitative estimate of drug-likeness (QED) is 0.256. The van der Waals surface area contributed by atoms with Crippen LogP contribution in [0.1, 0.15) is 38.2 Å². The first-order valence-corrected chi connectivity index (χ1v) is 16.7. The molecule has 1 saturated carbocycles. The lowest BCUT2D eigenvalue weighted by Crippen LogP contribution is -2.53. The number of hydrogen-bond donors (Lipinski definition) is 1. The Hall–Kier alpha value is -4.45. The summed E-state index contributed by atoms with van der Waals surface area (Å²) in [7, 11) is 1.31. The summed E-state index contributed by atoms with van der Waals surface area (Å²) in [5, 5.41) is 3.08. The molecule has 11 nitrogen and oxygen atoms in total. The highest BCUT2D eigenvalue weighted by molar-refractivity contribution is 7.92. The van der Waals surface area contributed by atoms with Crippen LogP contribution in [-0.4, -0.2) is 78.7 Å². The zero-order valence-corrected chi connectivity index (χ0v) is 27.8. The van der Waals surface area contributed by atoms with Crippen LogP contribution in [0.5, 0.6) is 23.0 Å². The lowest BCUT2D eigenvalue weighted by Gasteiger charge is -2.33. The van der Waals surface area contributed by atoms with Gasteiger partial charge in [0.05, 0.1) is 39.0 Å². The van der Waals surface area contributed by atoms with E-state index in [1.54, 1.807) is 19.1 Å². The standard InChI is InChI=1S/C34H43N3O8S/c1-24(34(39)35-26-13-9-10-14-26)36(20-19-25-11-7-6-8-12-25)33(38)23-37(29-21-27(42-2)15-17-30(29)43-3)46(40,41)28-16-18-31(44-4)32(22-28)45-5/h6-8,11-12,15-18,21-22,24,26H,9-10,13-14,19-20,23H2,1-5H3,(H,35,39)/t24-/m1/s1. The van der Waals surface area contributed by atoms with E-state index >= 15 is 0 Å². The van der Waals surface area contributed by atoms with Gasteiger partial charge in [-0.15, -0.1) is 0 Å². The predicted octanol–water partition coefficient (Wildman–Crippen LogP) is 4.43. The maximum atomic E-state index is 14.4. The number of methoxy groups -OCH3 is 4. The molecule has 4 rings (SSSR count). The van der Waals surface area contributed by atoms with Gasteiger partial charge in [-0.2, -0.15) is 0 Å². The number of nitrogens with one attached hydrogen (secondary N) is 1. The van der Waals surface area contributed by atoms with Crippen LogP contribution >= 0.6 is 0 Å². The lowest BCUT2D eigenvalue weighted by atomic mass is 10.1. The Labute approximate surface area is 271 Å². The number of sulfonamides is 1. The van der Waals surface area contributed by atoms with Crippen molar-refractivity contribution in [1.29, 1.82) is 0 Å². The molecule has 0 bridgehead atoms. The Bertz CT molecular complexity index is 1590. The van der Waals surface area contributed by atoms with E-state index in [0.29, 0.717) is 17.9 Å². The molecule has 1 aliphatic carbocycles. The number of ether oxygens (including phenoxy) is 4. The molecule has 1 fully saturated rings. The first-order valence-electron chi connectivity index (χ1n) is 15.2. The van der Waals surface area contributed by atoms with Crippen molar-refractivity contribution in [2.24, 2.45) is 0 Å². The largest absolute Gasteiger partial charge is 0.497 e. The fourth-order valence-corrected chi connectivity index (χ4v) is 7.00. The normalized spacial score (nSPS) is 13.8. The topological polar surface area (TPSA) is 124 Å². The van der Waals surface area contributed by atoms with E-state index in [9.17, 15) is 18.0 Å². The van der Waals surface area contributed by atoms with Crippen molar-refractivity contribution >= 4 is 27.5 Å². The number of hydrogen-bond acceptors (Lipinski definition) is 8. The second-order valence-corrected chi connectivity index (χ2v) is 12.9. The minimum atomic E-state index is -4.42. The van der Waals surface area contributed by atoms with E-state index in [1.807, 2.05) is 30.3 Å². The summed E-state index contributed by atoms with van der Waals surface area (Å²) in [4.78, 5) is 29.1. The molecule has 1 atom stereocenters. The third-order valence-corrected chi connectivity index (χ3v) is 9.99. The summed E-state index contributed by atoms with van der Waals surface area (Å²) in [5.74, 6) is 0.286. The smallest absolute Gasteiger partial charge is 0.265 e. The molecule has 0 spiro atoms. The van der Waals surface area contributed by atoms with Crippen molar-refractivity contribution in [2.75, 3.05) is 45.8 Å². The molecular formula is C34H43N3O8S. The zero-order chi connectivity index (χ0) is 33.3. The van der Waals surface area contributed by atoms with Gasteiger partial charge in [0, 0.05) is 24.7 Å². The van der Waals surface area contributed by atoms with Crippen LogP contribution in [0.25, 0.3) is 0 Å². The average molecular weight is 654 g/mol. The lowest BCUT2D eigenvalue weighted by molar-refractivity contribution is -0.139. The molecule has 0 saturated heterocycles. The molecule has 46 heavy (non-hydrogen) atoms. The van der Waals surface area contributed by atoms with Crippen molar-refractivity contribution in [1.82, 2.24) is 10.2 Å². The molecule has 1 N–H and O–H groups in total. The van der Waals surface area contributed by atoms with Crippen molar-refractivity contribution in [3.63, 3.8) is 0 Å². The Morgan fingerprint density at radius 2 is 1.50 bits per heavy atom. The molecule has 2 amide bonds. The van der Waals surface area contributed by atoms with Crippen molar-refractivity contribution in [3.05, 3.63) is 72.3 Å². The van der Waals surface area contributed by atoms with Crippen LogP contribution in [0, 0.1) is 0 Å². The van der Waals surface area contributed by atoms with E-state index in [0.717, 1.165) is 35.6 Å². The average Bonchev–Trinajstić information content (AvgIpc) is 3.59.